The average molecular weight is 312 g/mol. The Hall–Kier alpha value is -1.01. The number of benzene rings is 1. The van der Waals surface area contributed by atoms with Gasteiger partial charge in [-0.25, -0.2) is 12.7 Å². The van der Waals surface area contributed by atoms with E-state index in [-0.39, 0.29) is 5.75 Å². The molecule has 0 radical (unpaired) electrons. The van der Waals surface area contributed by atoms with Crippen LogP contribution in [0.4, 0.5) is 0 Å². The lowest BCUT2D eigenvalue weighted by molar-refractivity contribution is 0.541. The molecular weight excluding hydrogens is 292 g/mol. The number of amidine groups is 1. The summed E-state index contributed by atoms with van der Waals surface area (Å²) in [6, 6.07) is 6.34. The van der Waals surface area contributed by atoms with Crippen LogP contribution in [-0.4, -0.2) is 36.7 Å². The molecule has 0 atom stereocenters. The molecule has 1 aliphatic rings. The standard InChI is InChI=1S/C14H20N2O2S2/c1-4-20(17,18)16-8-7-15-14(16)19-10-13-9-11(2)5-6-12(13)3/h5-6,9H,4,7-8,10H2,1-3H3. The maximum absolute atomic E-state index is 12.0. The van der Waals surface area contributed by atoms with Gasteiger partial charge in [0.05, 0.1) is 18.8 Å². The van der Waals surface area contributed by atoms with Crippen molar-refractivity contribution in [2.24, 2.45) is 4.99 Å². The Morgan fingerprint density at radius 3 is 2.80 bits per heavy atom. The molecule has 20 heavy (non-hydrogen) atoms. The lowest BCUT2D eigenvalue weighted by Gasteiger charge is -2.19. The van der Waals surface area contributed by atoms with E-state index in [4.69, 9.17) is 0 Å². The summed E-state index contributed by atoms with van der Waals surface area (Å²) in [5.41, 5.74) is 3.68. The van der Waals surface area contributed by atoms with E-state index in [9.17, 15) is 8.42 Å². The molecule has 4 nitrogen and oxygen atoms in total. The second-order valence-corrected chi connectivity index (χ2v) is 7.98. The normalized spacial score (nSPS) is 15.6. The Morgan fingerprint density at radius 2 is 2.10 bits per heavy atom. The molecule has 1 aliphatic heterocycles. The molecule has 0 N–H and O–H groups in total. The van der Waals surface area contributed by atoms with Crippen LogP contribution in [0.15, 0.2) is 23.2 Å². The van der Waals surface area contributed by atoms with E-state index in [2.05, 4.69) is 37.0 Å². The number of rotatable bonds is 4. The smallest absolute Gasteiger partial charge is 0.236 e. The van der Waals surface area contributed by atoms with Crippen molar-refractivity contribution < 1.29 is 8.42 Å². The molecule has 110 valence electrons. The third-order valence-electron chi connectivity index (χ3n) is 3.33. The fourth-order valence-electron chi connectivity index (χ4n) is 2.04. The molecule has 0 aliphatic carbocycles. The molecule has 0 spiro atoms. The Bertz CT molecular complexity index is 624. The summed E-state index contributed by atoms with van der Waals surface area (Å²) in [4.78, 5) is 4.32. The fourth-order valence-corrected chi connectivity index (χ4v) is 4.52. The summed E-state index contributed by atoms with van der Waals surface area (Å²) in [6.45, 7) is 6.85. The van der Waals surface area contributed by atoms with Crippen molar-refractivity contribution in [3.8, 4) is 0 Å². The molecule has 0 saturated heterocycles. The summed E-state index contributed by atoms with van der Waals surface area (Å²) in [5.74, 6) is 0.873. The van der Waals surface area contributed by atoms with Crippen molar-refractivity contribution in [2.75, 3.05) is 18.8 Å². The fraction of sp³-hybridized carbons (Fsp3) is 0.500. The van der Waals surface area contributed by atoms with Gasteiger partial charge >= 0.3 is 0 Å². The summed E-state index contributed by atoms with van der Waals surface area (Å²) >= 11 is 1.51. The van der Waals surface area contributed by atoms with Crippen LogP contribution in [-0.2, 0) is 15.8 Å². The van der Waals surface area contributed by atoms with Crippen LogP contribution >= 0.6 is 11.8 Å². The van der Waals surface area contributed by atoms with Crippen LogP contribution in [0.5, 0.6) is 0 Å². The number of sulfonamides is 1. The van der Waals surface area contributed by atoms with Gasteiger partial charge in [-0.05, 0) is 31.9 Å². The highest BCUT2D eigenvalue weighted by molar-refractivity contribution is 8.14. The molecule has 6 heteroatoms. The number of hydrogen-bond acceptors (Lipinski definition) is 4. The molecule has 0 amide bonds. The van der Waals surface area contributed by atoms with Crippen molar-refractivity contribution in [2.45, 2.75) is 26.5 Å². The van der Waals surface area contributed by atoms with Gasteiger partial charge in [0, 0.05) is 5.75 Å². The van der Waals surface area contributed by atoms with Gasteiger partial charge in [-0.1, -0.05) is 35.5 Å². The van der Waals surface area contributed by atoms with Crippen LogP contribution in [0.3, 0.4) is 0 Å². The number of nitrogens with zero attached hydrogens (tertiary/aromatic N) is 2. The molecule has 1 heterocycles. The van der Waals surface area contributed by atoms with E-state index in [0.29, 0.717) is 18.3 Å². The molecule has 2 rings (SSSR count). The number of aliphatic imine (C=N–C) groups is 1. The monoisotopic (exact) mass is 312 g/mol. The Morgan fingerprint density at radius 1 is 1.35 bits per heavy atom. The van der Waals surface area contributed by atoms with Crippen LogP contribution in [0, 0.1) is 13.8 Å². The zero-order valence-electron chi connectivity index (χ0n) is 12.1. The summed E-state index contributed by atoms with van der Waals surface area (Å²) in [6.07, 6.45) is 0. The molecule has 0 aromatic heterocycles. The Labute approximate surface area is 125 Å². The first-order valence-electron chi connectivity index (χ1n) is 6.68. The summed E-state index contributed by atoms with van der Waals surface area (Å²) < 4.78 is 25.4. The molecular formula is C14H20N2O2S2. The minimum Gasteiger partial charge on any atom is -0.260 e. The minimum atomic E-state index is -3.19. The first-order chi connectivity index (χ1) is 9.44. The largest absolute Gasteiger partial charge is 0.260 e. The second-order valence-electron chi connectivity index (χ2n) is 4.86. The van der Waals surface area contributed by atoms with E-state index in [1.54, 1.807) is 6.92 Å². The molecule has 1 aromatic carbocycles. The predicted molar refractivity (Wildman–Crippen MR) is 85.7 cm³/mol. The van der Waals surface area contributed by atoms with E-state index in [0.717, 1.165) is 5.75 Å². The van der Waals surface area contributed by atoms with E-state index in [1.165, 1.54) is 32.8 Å². The minimum absolute atomic E-state index is 0.121. The van der Waals surface area contributed by atoms with Gasteiger partial charge in [0.1, 0.15) is 0 Å². The van der Waals surface area contributed by atoms with Crippen molar-refractivity contribution in [1.29, 1.82) is 0 Å². The molecule has 0 fully saturated rings. The van der Waals surface area contributed by atoms with Crippen LogP contribution in [0.25, 0.3) is 0 Å². The van der Waals surface area contributed by atoms with Gasteiger partial charge in [0.2, 0.25) is 10.0 Å². The highest BCUT2D eigenvalue weighted by Gasteiger charge is 2.27. The van der Waals surface area contributed by atoms with Crippen LogP contribution < -0.4 is 0 Å². The van der Waals surface area contributed by atoms with Gasteiger partial charge in [-0.15, -0.1) is 0 Å². The van der Waals surface area contributed by atoms with Crippen molar-refractivity contribution in [1.82, 2.24) is 4.31 Å². The quantitative estimate of drug-likeness (QED) is 0.858. The van der Waals surface area contributed by atoms with Gasteiger partial charge in [-0.3, -0.25) is 4.99 Å². The zero-order valence-corrected chi connectivity index (χ0v) is 13.7. The SMILES string of the molecule is CCS(=O)(=O)N1CCN=C1SCc1cc(C)ccc1C. The van der Waals surface area contributed by atoms with E-state index in [1.807, 2.05) is 0 Å². The van der Waals surface area contributed by atoms with E-state index < -0.39 is 10.0 Å². The predicted octanol–water partition coefficient (Wildman–Crippen LogP) is 2.56. The summed E-state index contributed by atoms with van der Waals surface area (Å²) in [7, 11) is -3.19. The van der Waals surface area contributed by atoms with Gasteiger partial charge in [0.25, 0.3) is 0 Å². The summed E-state index contributed by atoms with van der Waals surface area (Å²) in [5, 5.41) is 0.632. The van der Waals surface area contributed by atoms with Crippen LogP contribution in [0.2, 0.25) is 0 Å². The number of thioether (sulfide) groups is 1. The zero-order chi connectivity index (χ0) is 14.8. The lowest BCUT2D eigenvalue weighted by Crippen LogP contribution is -2.34. The highest BCUT2D eigenvalue weighted by atomic mass is 32.2. The molecule has 0 saturated carbocycles. The van der Waals surface area contributed by atoms with Crippen molar-refractivity contribution in [3.05, 3.63) is 34.9 Å². The third-order valence-corrected chi connectivity index (χ3v) is 6.26. The van der Waals surface area contributed by atoms with Crippen molar-refractivity contribution in [3.63, 3.8) is 0 Å². The van der Waals surface area contributed by atoms with Gasteiger partial charge in [-0.2, -0.15) is 0 Å². The van der Waals surface area contributed by atoms with Crippen molar-refractivity contribution >= 4 is 27.0 Å². The topological polar surface area (TPSA) is 49.7 Å². The number of aryl methyl sites for hydroxylation is 2. The average Bonchev–Trinajstić information content (AvgIpc) is 2.89. The number of hydrogen-bond donors (Lipinski definition) is 0. The lowest BCUT2D eigenvalue weighted by atomic mass is 10.1. The van der Waals surface area contributed by atoms with Gasteiger partial charge < -0.3 is 0 Å². The Balaban J connectivity index is 2.09. The maximum atomic E-state index is 12.0. The Kier molecular flexibility index (Phi) is 4.75. The molecule has 0 bridgehead atoms. The van der Waals surface area contributed by atoms with E-state index >= 15 is 0 Å². The highest BCUT2D eigenvalue weighted by Crippen LogP contribution is 2.24. The first kappa shape index (κ1) is 15.4. The molecule has 0 unspecified atom stereocenters. The van der Waals surface area contributed by atoms with Crippen LogP contribution in [0.1, 0.15) is 23.6 Å². The van der Waals surface area contributed by atoms with Gasteiger partial charge in [0.15, 0.2) is 5.17 Å². The second kappa shape index (κ2) is 6.18. The maximum Gasteiger partial charge on any atom is 0.236 e. The molecule has 1 aromatic rings. The third kappa shape index (κ3) is 3.35. The first-order valence-corrected chi connectivity index (χ1v) is 9.27.